The highest BCUT2D eigenvalue weighted by molar-refractivity contribution is 5.93. The van der Waals surface area contributed by atoms with Gasteiger partial charge in [0.15, 0.2) is 0 Å². The van der Waals surface area contributed by atoms with Crippen LogP contribution in [0.4, 0.5) is 0 Å². The zero-order valence-corrected chi connectivity index (χ0v) is 14.5. The van der Waals surface area contributed by atoms with Crippen molar-refractivity contribution in [3.8, 4) is 0 Å². The van der Waals surface area contributed by atoms with E-state index in [1.807, 2.05) is 0 Å². The molecule has 10 heteroatoms. The third-order valence-corrected chi connectivity index (χ3v) is 3.59. The molecule has 144 valence electrons. The molecule has 0 saturated carbocycles. The summed E-state index contributed by atoms with van der Waals surface area (Å²) < 4.78 is 0. The summed E-state index contributed by atoms with van der Waals surface area (Å²) in [6.45, 7) is 3.80. The van der Waals surface area contributed by atoms with Crippen molar-refractivity contribution in [1.82, 2.24) is 10.6 Å². The van der Waals surface area contributed by atoms with E-state index < -0.39 is 48.3 Å². The molecule has 0 unspecified atom stereocenters. The third kappa shape index (κ3) is 9.01. The molecule has 2 amide bonds. The second-order valence-corrected chi connectivity index (χ2v) is 6.11. The fraction of sp³-hybridized carbons (Fsp3) is 0.733. The summed E-state index contributed by atoms with van der Waals surface area (Å²) in [5.74, 6) is -4.33. The first-order valence-electron chi connectivity index (χ1n) is 8.11. The van der Waals surface area contributed by atoms with Gasteiger partial charge in [0, 0.05) is 0 Å². The van der Waals surface area contributed by atoms with E-state index in [1.165, 1.54) is 0 Å². The largest absolute Gasteiger partial charge is 0.481 e. The number of carboxylic acids is 2. The van der Waals surface area contributed by atoms with Crippen LogP contribution >= 0.6 is 0 Å². The van der Waals surface area contributed by atoms with Crippen LogP contribution in [0.25, 0.3) is 0 Å². The van der Waals surface area contributed by atoms with Gasteiger partial charge in [0.1, 0.15) is 12.1 Å². The monoisotopic (exact) mass is 360 g/mol. The van der Waals surface area contributed by atoms with Crippen molar-refractivity contribution < 1.29 is 29.4 Å². The van der Waals surface area contributed by atoms with E-state index >= 15 is 0 Å². The van der Waals surface area contributed by atoms with Gasteiger partial charge in [0.2, 0.25) is 11.8 Å². The highest BCUT2D eigenvalue weighted by atomic mass is 16.4. The number of rotatable bonds is 12. The van der Waals surface area contributed by atoms with Gasteiger partial charge in [-0.3, -0.25) is 14.4 Å². The van der Waals surface area contributed by atoms with Gasteiger partial charge < -0.3 is 32.3 Å². The topological polar surface area (TPSA) is 185 Å². The maximum Gasteiger partial charge on any atom is 0.326 e. The molecule has 0 aromatic rings. The second-order valence-electron chi connectivity index (χ2n) is 6.11. The predicted octanol–water partition coefficient (Wildman–Crippen LogP) is -1.37. The molecule has 8 N–H and O–H groups in total. The quantitative estimate of drug-likeness (QED) is 0.230. The van der Waals surface area contributed by atoms with Crippen molar-refractivity contribution in [2.75, 3.05) is 6.54 Å². The summed E-state index contributed by atoms with van der Waals surface area (Å²) in [7, 11) is 0. The Morgan fingerprint density at radius 3 is 1.96 bits per heavy atom. The van der Waals surface area contributed by atoms with Gasteiger partial charge in [0.25, 0.3) is 0 Å². The molecule has 25 heavy (non-hydrogen) atoms. The number of carbonyl (C=O) groups excluding carboxylic acids is 2. The van der Waals surface area contributed by atoms with E-state index in [0.29, 0.717) is 19.4 Å². The van der Waals surface area contributed by atoms with Crippen LogP contribution in [0.3, 0.4) is 0 Å². The van der Waals surface area contributed by atoms with Gasteiger partial charge in [-0.25, -0.2) is 4.79 Å². The third-order valence-electron chi connectivity index (χ3n) is 3.59. The molecule has 3 atom stereocenters. The molecule has 0 fully saturated rings. The van der Waals surface area contributed by atoms with Crippen LogP contribution in [0.5, 0.6) is 0 Å². The number of unbranched alkanes of at least 4 members (excludes halogenated alkanes) is 1. The smallest absolute Gasteiger partial charge is 0.326 e. The van der Waals surface area contributed by atoms with Crippen LogP contribution < -0.4 is 22.1 Å². The zero-order valence-electron chi connectivity index (χ0n) is 14.5. The first kappa shape index (κ1) is 22.8. The van der Waals surface area contributed by atoms with E-state index in [0.717, 1.165) is 0 Å². The Bertz CT molecular complexity index is 483. The highest BCUT2D eigenvalue weighted by Crippen LogP contribution is 2.04. The molecule has 0 aliphatic heterocycles. The van der Waals surface area contributed by atoms with E-state index in [-0.39, 0.29) is 12.3 Å². The Balaban J connectivity index is 4.99. The van der Waals surface area contributed by atoms with Crippen molar-refractivity contribution in [2.24, 2.45) is 17.4 Å². The number of carboxylic acid groups (broad SMARTS) is 2. The first-order valence-corrected chi connectivity index (χ1v) is 8.11. The van der Waals surface area contributed by atoms with E-state index in [2.05, 4.69) is 10.6 Å². The second kappa shape index (κ2) is 11.4. The van der Waals surface area contributed by atoms with Crippen molar-refractivity contribution in [2.45, 2.75) is 57.7 Å². The number of amides is 2. The summed E-state index contributed by atoms with van der Waals surface area (Å²) >= 11 is 0. The molecule has 0 rings (SSSR count). The van der Waals surface area contributed by atoms with Gasteiger partial charge >= 0.3 is 11.9 Å². The number of hydrogen-bond donors (Lipinski definition) is 6. The Hall–Kier alpha value is -2.20. The summed E-state index contributed by atoms with van der Waals surface area (Å²) in [6.07, 6.45) is 0.551. The standard InChI is InChI=1S/C15H28N4O6/c1-8(2)12(17)14(23)19-10(7-11(20)21)13(22)18-9(15(24)25)5-3-4-6-16/h8-10,12H,3-7,16-17H2,1-2H3,(H,18,22)(H,19,23)(H,20,21)(H,24,25)/t9-,10-,12-/m0/s1. The lowest BCUT2D eigenvalue weighted by atomic mass is 10.0. The molecule has 0 aromatic heterocycles. The summed E-state index contributed by atoms with van der Waals surface area (Å²) in [6, 6.07) is -3.51. The van der Waals surface area contributed by atoms with Gasteiger partial charge in [-0.05, 0) is 31.7 Å². The number of nitrogens with two attached hydrogens (primary N) is 2. The molecule has 0 saturated heterocycles. The fourth-order valence-corrected chi connectivity index (χ4v) is 1.98. The molecule has 0 aromatic carbocycles. The molecule has 0 bridgehead atoms. The van der Waals surface area contributed by atoms with E-state index in [1.54, 1.807) is 13.8 Å². The SMILES string of the molecule is CC(C)[C@H](N)C(=O)N[C@@H](CC(=O)O)C(=O)N[C@@H](CCCCN)C(=O)O. The minimum atomic E-state index is -1.41. The van der Waals surface area contributed by atoms with E-state index in [4.69, 9.17) is 21.7 Å². The zero-order chi connectivity index (χ0) is 19.6. The number of nitrogens with one attached hydrogen (secondary N) is 2. The van der Waals surface area contributed by atoms with Crippen LogP contribution in [-0.4, -0.2) is 58.6 Å². The van der Waals surface area contributed by atoms with Gasteiger partial charge in [-0.1, -0.05) is 13.8 Å². The highest BCUT2D eigenvalue weighted by Gasteiger charge is 2.30. The Kier molecular flexibility index (Phi) is 10.4. The fourth-order valence-electron chi connectivity index (χ4n) is 1.98. The number of hydrogen-bond acceptors (Lipinski definition) is 6. The summed E-state index contributed by atoms with van der Waals surface area (Å²) in [4.78, 5) is 46.4. The number of carbonyl (C=O) groups is 4. The lowest BCUT2D eigenvalue weighted by molar-refractivity contribution is -0.143. The van der Waals surface area contributed by atoms with Crippen molar-refractivity contribution in [3.63, 3.8) is 0 Å². The molecule has 0 aliphatic rings. The lowest BCUT2D eigenvalue weighted by Gasteiger charge is -2.23. The summed E-state index contributed by atoms with van der Waals surface area (Å²) in [5, 5.41) is 22.6. The summed E-state index contributed by atoms with van der Waals surface area (Å²) in [5.41, 5.74) is 11.0. The van der Waals surface area contributed by atoms with Gasteiger partial charge in [-0.2, -0.15) is 0 Å². The van der Waals surface area contributed by atoms with Crippen LogP contribution in [0.1, 0.15) is 39.5 Å². The normalized spacial score (nSPS) is 14.4. The van der Waals surface area contributed by atoms with Crippen molar-refractivity contribution in [3.05, 3.63) is 0 Å². The predicted molar refractivity (Wildman–Crippen MR) is 89.5 cm³/mol. The van der Waals surface area contributed by atoms with Crippen LogP contribution in [0, 0.1) is 5.92 Å². The molecule has 0 heterocycles. The maximum atomic E-state index is 12.2. The number of aliphatic carboxylic acids is 2. The molecule has 0 aliphatic carbocycles. The molecule has 0 radical (unpaired) electrons. The van der Waals surface area contributed by atoms with E-state index in [9.17, 15) is 19.2 Å². The lowest BCUT2D eigenvalue weighted by Crippen LogP contribution is -2.55. The van der Waals surface area contributed by atoms with Crippen LogP contribution in [-0.2, 0) is 19.2 Å². The Morgan fingerprint density at radius 1 is 0.960 bits per heavy atom. The van der Waals surface area contributed by atoms with Crippen molar-refractivity contribution in [1.29, 1.82) is 0 Å². The average Bonchev–Trinajstić information content (AvgIpc) is 2.51. The maximum absolute atomic E-state index is 12.2. The van der Waals surface area contributed by atoms with Gasteiger partial charge in [0.05, 0.1) is 12.5 Å². The molecule has 10 nitrogen and oxygen atoms in total. The first-order chi connectivity index (χ1) is 11.6. The minimum Gasteiger partial charge on any atom is -0.481 e. The van der Waals surface area contributed by atoms with Crippen molar-refractivity contribution >= 4 is 23.8 Å². The van der Waals surface area contributed by atoms with Crippen LogP contribution in [0.15, 0.2) is 0 Å². The molecule has 0 spiro atoms. The Labute approximate surface area is 146 Å². The minimum absolute atomic E-state index is 0.150. The average molecular weight is 360 g/mol. The molecular weight excluding hydrogens is 332 g/mol. The van der Waals surface area contributed by atoms with Crippen LogP contribution in [0.2, 0.25) is 0 Å². The Morgan fingerprint density at radius 2 is 1.52 bits per heavy atom. The van der Waals surface area contributed by atoms with Gasteiger partial charge in [-0.15, -0.1) is 0 Å². The molecular formula is C15H28N4O6.